The van der Waals surface area contributed by atoms with Gasteiger partial charge in [-0.15, -0.1) is 11.8 Å². The van der Waals surface area contributed by atoms with Crippen molar-refractivity contribution < 1.29 is 9.53 Å². The molecule has 0 spiro atoms. The number of ether oxygens (including phenoxy) is 1. The highest BCUT2D eigenvalue weighted by Gasteiger charge is 2.63. The first-order valence-electron chi connectivity index (χ1n) is 9.33. The number of carbonyl (C=O) groups is 1. The van der Waals surface area contributed by atoms with Gasteiger partial charge in [0.1, 0.15) is 0 Å². The Bertz CT molecular complexity index is 746. The number of aryl methyl sites for hydroxylation is 1. The molecule has 1 saturated carbocycles. The third-order valence-electron chi connectivity index (χ3n) is 7.45. The highest BCUT2D eigenvalue weighted by molar-refractivity contribution is 8.03. The van der Waals surface area contributed by atoms with Crippen LogP contribution in [0.15, 0.2) is 34.7 Å². The Morgan fingerprint density at radius 2 is 1.88 bits per heavy atom. The molecule has 134 valence electrons. The lowest BCUT2D eigenvalue weighted by Crippen LogP contribution is -2.32. The molecule has 3 aliphatic rings. The van der Waals surface area contributed by atoms with Gasteiger partial charge in [-0.25, -0.2) is 0 Å². The molecule has 0 saturated heterocycles. The van der Waals surface area contributed by atoms with Gasteiger partial charge in [0.15, 0.2) is 0 Å². The zero-order valence-corrected chi connectivity index (χ0v) is 16.7. The summed E-state index contributed by atoms with van der Waals surface area (Å²) >= 11 is 1.93. The van der Waals surface area contributed by atoms with Gasteiger partial charge in [-0.05, 0) is 47.1 Å². The molecule has 2 aliphatic carbocycles. The van der Waals surface area contributed by atoms with Crippen LogP contribution in [0, 0.1) is 29.6 Å². The van der Waals surface area contributed by atoms with Crippen LogP contribution in [-0.4, -0.2) is 18.8 Å². The molecule has 1 heterocycles. The Balaban J connectivity index is 1.87. The smallest absolute Gasteiger partial charge is 0.310 e. The van der Waals surface area contributed by atoms with E-state index in [1.807, 2.05) is 11.8 Å². The van der Waals surface area contributed by atoms with E-state index in [0.29, 0.717) is 5.92 Å². The minimum Gasteiger partial charge on any atom is -0.469 e. The van der Waals surface area contributed by atoms with E-state index in [1.165, 1.54) is 31.1 Å². The molecule has 0 N–H and O–H groups in total. The van der Waals surface area contributed by atoms with Gasteiger partial charge >= 0.3 is 5.97 Å². The average Bonchev–Trinajstić information content (AvgIpc) is 2.93. The van der Waals surface area contributed by atoms with Crippen molar-refractivity contribution in [2.24, 2.45) is 22.7 Å². The van der Waals surface area contributed by atoms with Crippen molar-refractivity contribution in [2.75, 3.05) is 12.9 Å². The fourth-order valence-corrected chi connectivity index (χ4v) is 7.35. The van der Waals surface area contributed by atoms with Gasteiger partial charge < -0.3 is 4.74 Å². The number of allylic oxidation sites excluding steroid dienone is 2. The summed E-state index contributed by atoms with van der Waals surface area (Å²) in [6.07, 6.45) is 2.53. The normalized spacial score (nSPS) is 35.6. The summed E-state index contributed by atoms with van der Waals surface area (Å²) in [6, 6.07) is 8.78. The van der Waals surface area contributed by atoms with E-state index in [-0.39, 0.29) is 28.6 Å². The fraction of sp³-hybridized carbons (Fsp3) is 0.591. The van der Waals surface area contributed by atoms with Gasteiger partial charge in [0.25, 0.3) is 0 Å². The van der Waals surface area contributed by atoms with E-state index in [4.69, 9.17) is 4.74 Å². The van der Waals surface area contributed by atoms with Crippen LogP contribution >= 0.6 is 11.8 Å². The summed E-state index contributed by atoms with van der Waals surface area (Å²) in [5.41, 5.74) is 4.63. The molecule has 0 radical (unpaired) electrons. The van der Waals surface area contributed by atoms with Crippen molar-refractivity contribution >= 4 is 17.7 Å². The highest BCUT2D eigenvalue weighted by Crippen LogP contribution is 2.73. The lowest BCUT2D eigenvalue weighted by molar-refractivity contribution is -0.145. The van der Waals surface area contributed by atoms with Crippen molar-refractivity contribution in [3.8, 4) is 0 Å². The third-order valence-corrected chi connectivity index (χ3v) is 8.95. The lowest BCUT2D eigenvalue weighted by Gasteiger charge is -2.39. The number of fused-ring (bicyclic) bond motifs is 4. The van der Waals surface area contributed by atoms with E-state index in [0.717, 1.165) is 5.75 Å². The molecule has 1 aromatic rings. The number of hydrogen-bond acceptors (Lipinski definition) is 3. The van der Waals surface area contributed by atoms with Crippen molar-refractivity contribution in [3.05, 3.63) is 45.9 Å². The van der Waals surface area contributed by atoms with Crippen molar-refractivity contribution in [1.82, 2.24) is 0 Å². The molecule has 2 bridgehead atoms. The second kappa shape index (κ2) is 5.64. The van der Waals surface area contributed by atoms with Crippen LogP contribution in [0.1, 0.15) is 50.7 Å². The molecule has 0 aromatic heterocycles. The summed E-state index contributed by atoms with van der Waals surface area (Å²) in [7, 11) is 1.52. The van der Waals surface area contributed by atoms with Crippen LogP contribution in [0.2, 0.25) is 0 Å². The van der Waals surface area contributed by atoms with Crippen LogP contribution in [0.3, 0.4) is 0 Å². The number of esters is 1. The molecule has 0 unspecified atom stereocenters. The fourth-order valence-electron chi connectivity index (χ4n) is 5.56. The Morgan fingerprint density at radius 3 is 2.52 bits per heavy atom. The predicted octanol–water partition coefficient (Wildman–Crippen LogP) is 5.32. The minimum atomic E-state index is -0.0739. The number of carbonyl (C=O) groups excluding carboxylic acids is 1. The van der Waals surface area contributed by atoms with E-state index < -0.39 is 0 Å². The van der Waals surface area contributed by atoms with Gasteiger partial charge in [0, 0.05) is 17.1 Å². The quantitative estimate of drug-likeness (QED) is 0.670. The van der Waals surface area contributed by atoms with Gasteiger partial charge in [0.2, 0.25) is 0 Å². The van der Waals surface area contributed by atoms with Gasteiger partial charge in [-0.3, -0.25) is 4.79 Å². The van der Waals surface area contributed by atoms with E-state index in [1.54, 1.807) is 10.5 Å². The second-order valence-corrected chi connectivity index (χ2v) is 9.79. The maximum atomic E-state index is 12.6. The first-order chi connectivity index (χ1) is 11.8. The molecule has 0 amide bonds. The van der Waals surface area contributed by atoms with E-state index >= 15 is 0 Å². The molecule has 1 aliphatic heterocycles. The molecule has 4 rings (SSSR count). The predicted molar refractivity (Wildman–Crippen MR) is 104 cm³/mol. The van der Waals surface area contributed by atoms with Crippen LogP contribution in [0.25, 0.3) is 0 Å². The average molecular weight is 357 g/mol. The molecule has 1 aromatic carbocycles. The summed E-state index contributed by atoms with van der Waals surface area (Å²) in [4.78, 5) is 14.2. The van der Waals surface area contributed by atoms with Crippen LogP contribution < -0.4 is 0 Å². The zero-order valence-electron chi connectivity index (χ0n) is 15.9. The SMILES string of the molecule is COC(=O)[C@@H]1CSC2=C([C@@H]1c1ccc(C)cc1)[C@H]1CC[C@]2(C)C1(C)C. The van der Waals surface area contributed by atoms with Gasteiger partial charge in [-0.2, -0.15) is 0 Å². The lowest BCUT2D eigenvalue weighted by atomic mass is 9.69. The maximum absolute atomic E-state index is 12.6. The van der Waals surface area contributed by atoms with E-state index in [9.17, 15) is 4.79 Å². The molecule has 25 heavy (non-hydrogen) atoms. The van der Waals surface area contributed by atoms with Crippen LogP contribution in [-0.2, 0) is 9.53 Å². The minimum absolute atomic E-state index is 0.0599. The van der Waals surface area contributed by atoms with Crippen molar-refractivity contribution in [3.63, 3.8) is 0 Å². The number of benzene rings is 1. The Hall–Kier alpha value is -1.22. The number of methoxy groups -OCH3 is 1. The number of rotatable bonds is 2. The Kier molecular flexibility index (Phi) is 3.88. The number of thioether (sulfide) groups is 1. The topological polar surface area (TPSA) is 26.3 Å². The van der Waals surface area contributed by atoms with Crippen LogP contribution in [0.5, 0.6) is 0 Å². The molecule has 4 atom stereocenters. The van der Waals surface area contributed by atoms with Gasteiger partial charge in [0.05, 0.1) is 13.0 Å². The molecular formula is C22H28O2S. The Morgan fingerprint density at radius 1 is 1.20 bits per heavy atom. The maximum Gasteiger partial charge on any atom is 0.310 e. The Labute approximate surface area is 155 Å². The highest BCUT2D eigenvalue weighted by atomic mass is 32.2. The van der Waals surface area contributed by atoms with Crippen molar-refractivity contribution in [2.45, 2.75) is 46.5 Å². The second-order valence-electron chi connectivity index (χ2n) is 8.76. The van der Waals surface area contributed by atoms with Gasteiger partial charge in [-0.1, -0.05) is 50.6 Å². The summed E-state index contributed by atoms with van der Waals surface area (Å²) in [6.45, 7) is 9.43. The summed E-state index contributed by atoms with van der Waals surface area (Å²) < 4.78 is 5.20. The van der Waals surface area contributed by atoms with Crippen molar-refractivity contribution in [1.29, 1.82) is 0 Å². The zero-order chi connectivity index (χ0) is 18.0. The van der Waals surface area contributed by atoms with Crippen LogP contribution in [0.4, 0.5) is 0 Å². The first-order valence-corrected chi connectivity index (χ1v) is 10.3. The third kappa shape index (κ3) is 2.21. The molecule has 2 nitrogen and oxygen atoms in total. The number of hydrogen-bond donors (Lipinski definition) is 0. The molecule has 3 heteroatoms. The largest absolute Gasteiger partial charge is 0.469 e. The molecule has 1 fully saturated rings. The van der Waals surface area contributed by atoms with E-state index in [2.05, 4.69) is 52.0 Å². The summed E-state index contributed by atoms with van der Waals surface area (Å²) in [5, 5.41) is 0. The standard InChI is InChI=1S/C22H28O2S/c1-13-6-8-14(9-7-13)17-15(20(23)24-5)12-25-19-18(17)16-10-11-22(19,4)21(16,2)3/h6-9,15-17H,10-12H2,1-5H3/t15-,16-,17-,22+/m1/s1. The molecular weight excluding hydrogens is 328 g/mol. The summed E-state index contributed by atoms with van der Waals surface area (Å²) in [5.74, 6) is 1.46. The monoisotopic (exact) mass is 356 g/mol. The first kappa shape index (κ1) is 17.2.